The minimum Gasteiger partial charge on any atom is -0.426 e. The Balaban J connectivity index is 3.21. The minimum absolute atomic E-state index is 0.283. The fourth-order valence-corrected chi connectivity index (χ4v) is 1.19. The van der Waals surface area contributed by atoms with Gasteiger partial charge < -0.3 is 4.74 Å². The minimum atomic E-state index is -0.452. The molecule has 0 aliphatic heterocycles. The van der Waals surface area contributed by atoms with Gasteiger partial charge in [-0.2, -0.15) is 0 Å². The standard InChI is InChI=1S/C11H11N3O2/c1-8(13-14-12)11(16-9(2)15)10-6-4-3-5-7-10/h3-7H,1-2H3/b11-8-. The maximum absolute atomic E-state index is 10.9. The third-order valence-corrected chi connectivity index (χ3v) is 1.81. The molecule has 5 heteroatoms. The van der Waals surface area contributed by atoms with Gasteiger partial charge in [-0.15, -0.1) is 0 Å². The Hall–Kier alpha value is -2.26. The molecule has 1 aromatic carbocycles. The highest BCUT2D eigenvalue weighted by atomic mass is 16.5. The monoisotopic (exact) mass is 217 g/mol. The molecular formula is C11H11N3O2. The molecule has 0 aliphatic rings. The molecule has 0 heterocycles. The second-order valence-corrected chi connectivity index (χ2v) is 3.06. The van der Waals surface area contributed by atoms with Crippen LogP contribution in [0, 0.1) is 0 Å². The summed E-state index contributed by atoms with van der Waals surface area (Å²) >= 11 is 0. The van der Waals surface area contributed by atoms with Crippen molar-refractivity contribution in [3.8, 4) is 0 Å². The number of rotatable bonds is 3. The van der Waals surface area contributed by atoms with Gasteiger partial charge >= 0.3 is 5.97 Å². The zero-order valence-electron chi connectivity index (χ0n) is 9.04. The normalized spacial score (nSPS) is 11.1. The molecule has 1 rings (SSSR count). The molecule has 0 fully saturated rings. The highest BCUT2D eigenvalue weighted by Crippen LogP contribution is 2.20. The van der Waals surface area contributed by atoms with Crippen molar-refractivity contribution in [1.29, 1.82) is 0 Å². The number of benzene rings is 1. The van der Waals surface area contributed by atoms with Gasteiger partial charge in [-0.3, -0.25) is 4.79 Å². The fraction of sp³-hybridized carbons (Fsp3) is 0.182. The Bertz CT molecular complexity index is 459. The molecule has 1 aromatic rings. The van der Waals surface area contributed by atoms with Gasteiger partial charge in [0.15, 0.2) is 0 Å². The average molecular weight is 217 g/mol. The molecule has 5 nitrogen and oxygen atoms in total. The van der Waals surface area contributed by atoms with E-state index in [4.69, 9.17) is 10.3 Å². The third-order valence-electron chi connectivity index (χ3n) is 1.81. The highest BCUT2D eigenvalue weighted by molar-refractivity contribution is 5.77. The molecule has 0 saturated heterocycles. The first-order chi connectivity index (χ1) is 7.65. The number of carbonyl (C=O) groups excluding carboxylic acids is 1. The summed E-state index contributed by atoms with van der Waals surface area (Å²) < 4.78 is 5.03. The summed E-state index contributed by atoms with van der Waals surface area (Å²) in [5.74, 6) is -0.169. The number of carbonyl (C=O) groups is 1. The van der Waals surface area contributed by atoms with Crippen molar-refractivity contribution in [3.63, 3.8) is 0 Å². The van der Waals surface area contributed by atoms with E-state index < -0.39 is 5.97 Å². The smallest absolute Gasteiger partial charge is 0.308 e. The van der Waals surface area contributed by atoms with E-state index in [-0.39, 0.29) is 5.76 Å². The molecule has 0 spiro atoms. The van der Waals surface area contributed by atoms with E-state index in [2.05, 4.69) is 10.0 Å². The Morgan fingerprint density at radius 3 is 2.44 bits per heavy atom. The summed E-state index contributed by atoms with van der Waals surface area (Å²) in [6.07, 6.45) is 0. The van der Waals surface area contributed by atoms with Gasteiger partial charge in [-0.05, 0) is 12.5 Å². The van der Waals surface area contributed by atoms with E-state index in [9.17, 15) is 4.79 Å². The molecule has 0 unspecified atom stereocenters. The quantitative estimate of drug-likeness (QED) is 0.256. The lowest BCUT2D eigenvalue weighted by atomic mass is 10.1. The lowest BCUT2D eigenvalue weighted by Gasteiger charge is -2.08. The van der Waals surface area contributed by atoms with Crippen molar-refractivity contribution in [2.24, 2.45) is 5.11 Å². The van der Waals surface area contributed by atoms with E-state index in [0.717, 1.165) is 0 Å². The highest BCUT2D eigenvalue weighted by Gasteiger charge is 2.08. The van der Waals surface area contributed by atoms with Crippen LogP contribution in [0.5, 0.6) is 0 Å². The lowest BCUT2D eigenvalue weighted by Crippen LogP contribution is -2.00. The van der Waals surface area contributed by atoms with Gasteiger partial charge in [0, 0.05) is 17.4 Å². The van der Waals surface area contributed by atoms with Crippen molar-refractivity contribution >= 4 is 11.7 Å². The maximum Gasteiger partial charge on any atom is 0.308 e. The van der Waals surface area contributed by atoms with Crippen molar-refractivity contribution in [1.82, 2.24) is 0 Å². The number of hydrogen-bond acceptors (Lipinski definition) is 3. The third kappa shape index (κ3) is 3.15. The topological polar surface area (TPSA) is 75.1 Å². The van der Waals surface area contributed by atoms with Crippen LogP contribution in [0.15, 0.2) is 41.1 Å². The molecule has 0 amide bonds. The van der Waals surface area contributed by atoms with Crippen LogP contribution in [-0.2, 0) is 9.53 Å². The van der Waals surface area contributed by atoms with Crippen molar-refractivity contribution in [3.05, 3.63) is 52.0 Å². The average Bonchev–Trinajstić information content (AvgIpc) is 2.27. The zero-order valence-corrected chi connectivity index (χ0v) is 9.04. The predicted octanol–water partition coefficient (Wildman–Crippen LogP) is 3.25. The summed E-state index contributed by atoms with van der Waals surface area (Å²) in [4.78, 5) is 13.6. The number of ether oxygens (including phenoxy) is 1. The van der Waals surface area contributed by atoms with Gasteiger partial charge in [0.05, 0.1) is 5.70 Å². The molecule has 0 radical (unpaired) electrons. The summed E-state index contributed by atoms with van der Waals surface area (Å²) in [6.45, 7) is 2.89. The maximum atomic E-state index is 10.9. The number of esters is 1. The molecule has 0 atom stereocenters. The zero-order chi connectivity index (χ0) is 12.0. The second-order valence-electron chi connectivity index (χ2n) is 3.06. The van der Waals surface area contributed by atoms with Crippen LogP contribution in [0.4, 0.5) is 0 Å². The van der Waals surface area contributed by atoms with Crippen LogP contribution < -0.4 is 0 Å². The van der Waals surface area contributed by atoms with E-state index in [0.29, 0.717) is 11.3 Å². The van der Waals surface area contributed by atoms with Crippen molar-refractivity contribution in [2.45, 2.75) is 13.8 Å². The van der Waals surface area contributed by atoms with Gasteiger partial charge in [-0.25, -0.2) is 0 Å². The number of allylic oxidation sites excluding steroid dienone is 1. The van der Waals surface area contributed by atoms with Gasteiger partial charge in [0.2, 0.25) is 0 Å². The van der Waals surface area contributed by atoms with Gasteiger partial charge in [0.25, 0.3) is 0 Å². The summed E-state index contributed by atoms with van der Waals surface area (Å²) in [5, 5.41) is 3.44. The van der Waals surface area contributed by atoms with E-state index in [1.165, 1.54) is 6.92 Å². The number of hydrogen-bond donors (Lipinski definition) is 0. The Kier molecular flexibility index (Phi) is 4.12. The first-order valence-corrected chi connectivity index (χ1v) is 4.65. The van der Waals surface area contributed by atoms with Crippen LogP contribution in [0.2, 0.25) is 0 Å². The molecule has 0 bridgehead atoms. The molecule has 0 aromatic heterocycles. The SMILES string of the molecule is CC(=O)O/C(=C(/C)N=[N+]=[N-])c1ccccc1. The Labute approximate surface area is 93.0 Å². The van der Waals surface area contributed by atoms with Crippen LogP contribution >= 0.6 is 0 Å². The Morgan fingerprint density at radius 1 is 1.31 bits per heavy atom. The van der Waals surface area contributed by atoms with Gasteiger partial charge in [-0.1, -0.05) is 35.4 Å². The van der Waals surface area contributed by atoms with Crippen LogP contribution in [0.1, 0.15) is 19.4 Å². The Morgan fingerprint density at radius 2 is 1.94 bits per heavy atom. The summed E-state index contributed by atoms with van der Waals surface area (Å²) in [7, 11) is 0. The molecule has 0 saturated carbocycles. The van der Waals surface area contributed by atoms with Crippen LogP contribution in [0.25, 0.3) is 16.2 Å². The molecular weight excluding hydrogens is 206 g/mol. The first-order valence-electron chi connectivity index (χ1n) is 4.65. The largest absolute Gasteiger partial charge is 0.426 e. The summed E-state index contributed by atoms with van der Waals surface area (Å²) in [5.41, 5.74) is 9.37. The lowest BCUT2D eigenvalue weighted by molar-refractivity contribution is -0.134. The number of nitrogens with zero attached hydrogens (tertiary/aromatic N) is 3. The summed E-state index contributed by atoms with van der Waals surface area (Å²) in [6, 6.07) is 9.01. The van der Waals surface area contributed by atoms with Crippen LogP contribution in [-0.4, -0.2) is 5.97 Å². The molecule has 82 valence electrons. The second kappa shape index (κ2) is 5.58. The van der Waals surface area contributed by atoms with Crippen LogP contribution in [0.3, 0.4) is 0 Å². The molecule has 0 aliphatic carbocycles. The van der Waals surface area contributed by atoms with E-state index in [1.807, 2.05) is 18.2 Å². The van der Waals surface area contributed by atoms with Crippen molar-refractivity contribution < 1.29 is 9.53 Å². The van der Waals surface area contributed by atoms with E-state index >= 15 is 0 Å². The van der Waals surface area contributed by atoms with Crippen molar-refractivity contribution in [2.75, 3.05) is 0 Å². The predicted molar refractivity (Wildman–Crippen MR) is 59.9 cm³/mol. The number of azide groups is 1. The van der Waals surface area contributed by atoms with Gasteiger partial charge in [0.1, 0.15) is 5.76 Å². The molecule has 0 N–H and O–H groups in total. The first kappa shape index (κ1) is 11.8. The van der Waals surface area contributed by atoms with E-state index in [1.54, 1.807) is 19.1 Å². The fourth-order valence-electron chi connectivity index (χ4n) is 1.19. The molecule has 16 heavy (non-hydrogen) atoms.